The highest BCUT2D eigenvalue weighted by Gasteiger charge is 2.49. The second-order valence-electron chi connectivity index (χ2n) is 5.84. The first-order chi connectivity index (χ1) is 10.8. The normalized spacial score (nSPS) is 51.7. The molecule has 0 aliphatic carbocycles. The summed E-state index contributed by atoms with van der Waals surface area (Å²) in [5.74, 6) is 0. The van der Waals surface area contributed by atoms with E-state index in [1.54, 1.807) is 0 Å². The lowest BCUT2D eigenvalue weighted by atomic mass is 9.95. The minimum absolute atomic E-state index is 0.518. The quantitative estimate of drug-likeness (QED) is 0.265. The van der Waals surface area contributed by atoms with Gasteiger partial charge in [0.1, 0.15) is 48.8 Å². The van der Waals surface area contributed by atoms with Gasteiger partial charge in [-0.3, -0.25) is 0 Å². The summed E-state index contributed by atoms with van der Waals surface area (Å²) in [6.07, 6.45) is -13.2. The Bertz CT molecular complexity index is 378. The van der Waals surface area contributed by atoms with Crippen LogP contribution < -0.4 is 0 Å². The number of ether oxygens (including phenoxy) is 3. The highest BCUT2D eigenvalue weighted by Crippen LogP contribution is 2.28. The number of rotatable bonds is 4. The fourth-order valence-corrected chi connectivity index (χ4v) is 2.78. The molecule has 2 heterocycles. The van der Waals surface area contributed by atoms with Crippen LogP contribution in [-0.2, 0) is 14.2 Å². The van der Waals surface area contributed by atoms with Crippen molar-refractivity contribution in [2.75, 3.05) is 13.2 Å². The van der Waals surface area contributed by atoms with Gasteiger partial charge < -0.3 is 50.0 Å². The summed E-state index contributed by atoms with van der Waals surface area (Å²) < 4.78 is 15.9. The molecule has 2 saturated heterocycles. The van der Waals surface area contributed by atoms with Crippen LogP contribution in [0.2, 0.25) is 0 Å². The zero-order valence-electron chi connectivity index (χ0n) is 12.5. The maximum Gasteiger partial charge on any atom is 0.187 e. The van der Waals surface area contributed by atoms with Crippen LogP contribution >= 0.6 is 0 Å². The highest BCUT2D eigenvalue weighted by atomic mass is 16.7. The predicted molar refractivity (Wildman–Crippen MR) is 72.1 cm³/mol. The van der Waals surface area contributed by atoms with E-state index < -0.39 is 74.4 Å². The second-order valence-corrected chi connectivity index (χ2v) is 5.84. The lowest BCUT2D eigenvalue weighted by molar-refractivity contribution is -0.341. The maximum atomic E-state index is 10.1. The van der Waals surface area contributed by atoms with Crippen molar-refractivity contribution in [2.24, 2.45) is 0 Å². The maximum absolute atomic E-state index is 10.1. The van der Waals surface area contributed by atoms with Crippen LogP contribution in [0, 0.1) is 0 Å². The molecular formula is C13H24O10. The Kier molecular flexibility index (Phi) is 6.30. The molecule has 10 heteroatoms. The fourth-order valence-electron chi connectivity index (χ4n) is 2.78. The van der Waals surface area contributed by atoms with Crippen molar-refractivity contribution in [1.29, 1.82) is 0 Å². The molecule has 10 nitrogen and oxygen atoms in total. The first kappa shape index (κ1) is 18.9. The summed E-state index contributed by atoms with van der Waals surface area (Å²) in [6, 6.07) is 0. The molecule has 0 spiro atoms. The van der Waals surface area contributed by atoms with E-state index in [2.05, 4.69) is 0 Å². The highest BCUT2D eigenvalue weighted by molar-refractivity contribution is 4.94. The van der Waals surface area contributed by atoms with Gasteiger partial charge in [0, 0.05) is 0 Å². The van der Waals surface area contributed by atoms with Crippen LogP contribution in [0.25, 0.3) is 0 Å². The van der Waals surface area contributed by atoms with E-state index in [-0.39, 0.29) is 0 Å². The Hall–Kier alpha value is -0.400. The molecule has 0 amide bonds. The van der Waals surface area contributed by atoms with Crippen molar-refractivity contribution >= 4 is 0 Å². The van der Waals surface area contributed by atoms with Gasteiger partial charge in [0.15, 0.2) is 6.29 Å². The molecular weight excluding hydrogens is 316 g/mol. The van der Waals surface area contributed by atoms with Crippen molar-refractivity contribution in [2.45, 2.75) is 68.1 Å². The van der Waals surface area contributed by atoms with E-state index >= 15 is 0 Å². The third kappa shape index (κ3) is 3.66. The molecule has 0 bridgehead atoms. The lowest BCUT2D eigenvalue weighted by Gasteiger charge is -2.45. The van der Waals surface area contributed by atoms with Crippen LogP contribution in [0.15, 0.2) is 0 Å². The third-order valence-corrected chi connectivity index (χ3v) is 4.24. The molecule has 0 aromatic rings. The van der Waals surface area contributed by atoms with Crippen molar-refractivity contribution in [3.63, 3.8) is 0 Å². The average Bonchev–Trinajstić information content (AvgIpc) is 2.55. The Morgan fingerprint density at radius 2 is 1.35 bits per heavy atom. The molecule has 10 atom stereocenters. The molecule has 0 saturated carbocycles. The summed E-state index contributed by atoms with van der Waals surface area (Å²) in [6.45, 7) is 0.369. The van der Waals surface area contributed by atoms with Crippen molar-refractivity contribution in [3.05, 3.63) is 0 Å². The second kappa shape index (κ2) is 7.66. The fraction of sp³-hybridized carbons (Fsp3) is 1.00. The van der Waals surface area contributed by atoms with E-state index in [0.29, 0.717) is 0 Å². The lowest BCUT2D eigenvalue weighted by Crippen LogP contribution is -2.64. The van der Waals surface area contributed by atoms with Gasteiger partial charge >= 0.3 is 0 Å². The monoisotopic (exact) mass is 340 g/mol. The number of aliphatic hydroxyl groups excluding tert-OH is 7. The van der Waals surface area contributed by atoms with Crippen molar-refractivity contribution < 1.29 is 50.0 Å². The van der Waals surface area contributed by atoms with Gasteiger partial charge in [0.2, 0.25) is 0 Å². The van der Waals surface area contributed by atoms with Gasteiger partial charge in [-0.15, -0.1) is 0 Å². The smallest absolute Gasteiger partial charge is 0.187 e. The zero-order chi connectivity index (χ0) is 17.3. The van der Waals surface area contributed by atoms with E-state index in [1.807, 2.05) is 0 Å². The summed E-state index contributed by atoms with van der Waals surface area (Å²) in [7, 11) is 0. The first-order valence-corrected chi connectivity index (χ1v) is 7.40. The Balaban J connectivity index is 2.11. The Morgan fingerprint density at radius 1 is 0.739 bits per heavy atom. The van der Waals surface area contributed by atoms with Crippen LogP contribution in [0.3, 0.4) is 0 Å². The van der Waals surface area contributed by atoms with E-state index in [9.17, 15) is 30.6 Å². The largest absolute Gasteiger partial charge is 0.394 e. The predicted octanol–water partition coefficient (Wildman–Crippen LogP) is -4.33. The molecule has 136 valence electrons. The van der Waals surface area contributed by atoms with Gasteiger partial charge in [-0.25, -0.2) is 0 Å². The summed E-state index contributed by atoms with van der Waals surface area (Å²) in [5.41, 5.74) is 0. The van der Waals surface area contributed by atoms with Gasteiger partial charge in [0.05, 0.1) is 19.3 Å². The van der Waals surface area contributed by atoms with Crippen molar-refractivity contribution in [3.8, 4) is 0 Å². The topological polar surface area (TPSA) is 169 Å². The molecule has 23 heavy (non-hydrogen) atoms. The SMILES string of the molecule is CC1OC(CO)[C@@H](O[C@@H]2OC(CO)[C@@H](O)C(O)C2O)C(O)C1O. The zero-order valence-corrected chi connectivity index (χ0v) is 12.5. The van der Waals surface area contributed by atoms with Crippen LogP contribution in [-0.4, -0.2) is 110 Å². The van der Waals surface area contributed by atoms with E-state index in [0.717, 1.165) is 0 Å². The molecule has 0 radical (unpaired) electrons. The number of hydrogen-bond acceptors (Lipinski definition) is 10. The summed E-state index contributed by atoms with van der Waals surface area (Å²) in [5, 5.41) is 67.8. The molecule has 0 aromatic heterocycles. The average molecular weight is 340 g/mol. The van der Waals surface area contributed by atoms with Gasteiger partial charge in [-0.1, -0.05) is 0 Å². The molecule has 7 unspecified atom stereocenters. The van der Waals surface area contributed by atoms with Gasteiger partial charge in [-0.05, 0) is 6.92 Å². The molecule has 2 aliphatic rings. The number of hydrogen-bond donors (Lipinski definition) is 7. The van der Waals surface area contributed by atoms with Crippen LogP contribution in [0.4, 0.5) is 0 Å². The molecule has 0 aromatic carbocycles. The van der Waals surface area contributed by atoms with E-state index in [1.165, 1.54) is 6.92 Å². The Morgan fingerprint density at radius 3 is 1.91 bits per heavy atom. The van der Waals surface area contributed by atoms with Crippen LogP contribution in [0.1, 0.15) is 6.92 Å². The van der Waals surface area contributed by atoms with Gasteiger partial charge in [0.25, 0.3) is 0 Å². The van der Waals surface area contributed by atoms with Crippen molar-refractivity contribution in [1.82, 2.24) is 0 Å². The first-order valence-electron chi connectivity index (χ1n) is 7.40. The van der Waals surface area contributed by atoms with E-state index in [4.69, 9.17) is 19.3 Å². The third-order valence-electron chi connectivity index (χ3n) is 4.24. The minimum atomic E-state index is -1.66. The Labute approximate surface area is 132 Å². The molecule has 2 fully saturated rings. The minimum Gasteiger partial charge on any atom is -0.394 e. The standard InChI is InChI=1S/C13H24O10/c1-4-7(16)10(19)12(6(3-15)21-4)23-13-11(20)9(18)8(17)5(2-14)22-13/h4-20H,2-3H2,1H3/t4?,5?,6?,7?,8-,9?,10?,11?,12-,13+/m1/s1. The molecule has 2 aliphatic heterocycles. The number of aliphatic hydroxyl groups is 7. The summed E-state index contributed by atoms with van der Waals surface area (Å²) >= 11 is 0. The molecule has 7 N–H and O–H groups in total. The molecule has 2 rings (SSSR count). The summed E-state index contributed by atoms with van der Waals surface area (Å²) in [4.78, 5) is 0. The van der Waals surface area contributed by atoms with Crippen LogP contribution in [0.5, 0.6) is 0 Å². The van der Waals surface area contributed by atoms with Gasteiger partial charge in [-0.2, -0.15) is 0 Å².